The number of anilines is 2. The minimum absolute atomic E-state index is 0.0419. The summed E-state index contributed by atoms with van der Waals surface area (Å²) in [5.74, 6) is 1.11. The van der Waals surface area contributed by atoms with Crippen LogP contribution in [0.25, 0.3) is 39.4 Å². The zero-order chi connectivity index (χ0) is 35.7. The van der Waals surface area contributed by atoms with Gasteiger partial charge in [0.25, 0.3) is 0 Å². The minimum atomic E-state index is -0.0419. The SMILES string of the molecule is CC1CC(c2ccc(N3c4ccccc4C4(C)C=CC=CC34)cc2)=Cc2c1n(-c1cc(-c3ccccc3)cc(C3C=CC=CC3C)c1)c1ccccc21. The van der Waals surface area contributed by atoms with Crippen LogP contribution in [0.5, 0.6) is 0 Å². The molecule has 0 saturated carbocycles. The molecule has 6 aromatic rings. The molecule has 2 nitrogen and oxygen atoms in total. The Morgan fingerprint density at radius 1 is 0.642 bits per heavy atom. The number of rotatable bonds is 5. The average Bonchev–Trinajstić information content (AvgIpc) is 3.68. The van der Waals surface area contributed by atoms with Gasteiger partial charge in [0, 0.05) is 51.0 Å². The molecule has 5 unspecified atom stereocenters. The van der Waals surface area contributed by atoms with E-state index in [0.29, 0.717) is 17.8 Å². The van der Waals surface area contributed by atoms with Crippen molar-refractivity contribution in [2.75, 3.05) is 4.90 Å². The summed E-state index contributed by atoms with van der Waals surface area (Å²) in [5, 5.41) is 1.31. The molecule has 4 aliphatic rings. The smallest absolute Gasteiger partial charge is 0.0655 e. The zero-order valence-electron chi connectivity index (χ0n) is 30.7. The summed E-state index contributed by atoms with van der Waals surface area (Å²) in [6.07, 6.45) is 21.7. The quantitative estimate of drug-likeness (QED) is 0.175. The first-order valence-corrected chi connectivity index (χ1v) is 19.2. The fraction of sp³-hybridized carbons (Fsp3) is 0.176. The van der Waals surface area contributed by atoms with E-state index in [1.807, 2.05) is 0 Å². The summed E-state index contributed by atoms with van der Waals surface area (Å²) in [4.78, 5) is 2.53. The molecule has 2 heterocycles. The predicted molar refractivity (Wildman–Crippen MR) is 224 cm³/mol. The van der Waals surface area contributed by atoms with Crippen molar-refractivity contribution in [3.63, 3.8) is 0 Å². The number of aromatic nitrogens is 1. The van der Waals surface area contributed by atoms with Crippen molar-refractivity contribution in [1.29, 1.82) is 0 Å². The van der Waals surface area contributed by atoms with E-state index in [-0.39, 0.29) is 11.5 Å². The molecule has 0 N–H and O–H groups in total. The molecule has 0 bridgehead atoms. The van der Waals surface area contributed by atoms with E-state index in [0.717, 1.165) is 6.42 Å². The maximum Gasteiger partial charge on any atom is 0.0655 e. The number of hydrogen-bond acceptors (Lipinski definition) is 1. The van der Waals surface area contributed by atoms with Gasteiger partial charge in [-0.3, -0.25) is 0 Å². The maximum atomic E-state index is 2.57. The highest BCUT2D eigenvalue weighted by Crippen LogP contribution is 2.52. The van der Waals surface area contributed by atoms with Crippen LogP contribution in [0, 0.1) is 5.92 Å². The van der Waals surface area contributed by atoms with Crippen molar-refractivity contribution in [2.45, 2.75) is 50.5 Å². The zero-order valence-corrected chi connectivity index (χ0v) is 30.7. The molecule has 10 rings (SSSR count). The van der Waals surface area contributed by atoms with Crippen LogP contribution in [0.1, 0.15) is 67.0 Å². The van der Waals surface area contributed by atoms with E-state index < -0.39 is 0 Å². The van der Waals surface area contributed by atoms with E-state index in [9.17, 15) is 0 Å². The topological polar surface area (TPSA) is 8.17 Å². The molecule has 0 amide bonds. The summed E-state index contributed by atoms with van der Waals surface area (Å²) in [6.45, 7) is 7.12. The van der Waals surface area contributed by atoms with Crippen molar-refractivity contribution in [3.8, 4) is 16.8 Å². The second-order valence-corrected chi connectivity index (χ2v) is 15.7. The van der Waals surface area contributed by atoms with Gasteiger partial charge in [0.1, 0.15) is 0 Å². The molecule has 1 aromatic heterocycles. The van der Waals surface area contributed by atoms with Crippen LogP contribution >= 0.6 is 0 Å². The van der Waals surface area contributed by atoms with Crippen LogP contribution in [0.4, 0.5) is 11.4 Å². The number of para-hydroxylation sites is 2. The highest BCUT2D eigenvalue weighted by molar-refractivity contribution is 5.99. The summed E-state index contributed by atoms with van der Waals surface area (Å²) in [6, 6.07) is 45.7. The normalized spacial score (nSPS) is 23.9. The molecule has 2 heteroatoms. The number of allylic oxidation sites excluding steroid dienone is 7. The van der Waals surface area contributed by atoms with Gasteiger partial charge in [-0.25, -0.2) is 0 Å². The Morgan fingerprint density at radius 2 is 1.40 bits per heavy atom. The Hall–Kier alpha value is -5.86. The molecule has 0 radical (unpaired) electrons. The second kappa shape index (κ2) is 12.4. The highest BCUT2D eigenvalue weighted by atomic mass is 15.2. The fourth-order valence-corrected chi connectivity index (χ4v) is 9.70. The molecule has 5 atom stereocenters. The number of fused-ring (bicyclic) bond motifs is 6. The molecule has 0 fully saturated rings. The summed E-state index contributed by atoms with van der Waals surface area (Å²) >= 11 is 0. The molecule has 1 aliphatic heterocycles. The lowest BCUT2D eigenvalue weighted by molar-refractivity contribution is 0.550. The summed E-state index contributed by atoms with van der Waals surface area (Å²) < 4.78 is 2.57. The van der Waals surface area contributed by atoms with Gasteiger partial charge in [0.2, 0.25) is 0 Å². The van der Waals surface area contributed by atoms with Crippen LogP contribution < -0.4 is 4.90 Å². The lowest BCUT2D eigenvalue weighted by Crippen LogP contribution is -2.39. The number of hydrogen-bond donors (Lipinski definition) is 0. The monoisotopic (exact) mass is 684 g/mol. The standard InChI is InChI=1S/C51H44N2/c1-34-15-7-8-18-43(34)40-30-39(36-16-5-4-6-17-36)31-42(32-40)53-47-21-11-9-19-44(47)45-33-38(29-35(2)50(45)53)37-24-26-41(27-25-37)52-48-22-12-10-20-46(48)51(3)28-14-13-23-49(51)52/h4-28,30-35,43,49H,29H2,1-3H3. The molecular weight excluding hydrogens is 641 g/mol. The average molecular weight is 685 g/mol. The Kier molecular flexibility index (Phi) is 7.44. The third-order valence-electron chi connectivity index (χ3n) is 12.4. The van der Waals surface area contributed by atoms with Crippen molar-refractivity contribution in [2.24, 2.45) is 5.92 Å². The Bertz CT molecular complexity index is 2540. The van der Waals surface area contributed by atoms with E-state index >= 15 is 0 Å². The Morgan fingerprint density at radius 3 is 2.25 bits per heavy atom. The molecule has 5 aromatic carbocycles. The van der Waals surface area contributed by atoms with Gasteiger partial charge in [-0.15, -0.1) is 0 Å². The van der Waals surface area contributed by atoms with Gasteiger partial charge in [-0.1, -0.05) is 147 Å². The van der Waals surface area contributed by atoms with E-state index in [1.54, 1.807) is 0 Å². The summed E-state index contributed by atoms with van der Waals surface area (Å²) in [5.41, 5.74) is 15.7. The number of nitrogens with zero attached hydrogens (tertiary/aromatic N) is 2. The van der Waals surface area contributed by atoms with Gasteiger partial charge >= 0.3 is 0 Å². The fourth-order valence-electron chi connectivity index (χ4n) is 9.70. The Labute approximate surface area is 313 Å². The second-order valence-electron chi connectivity index (χ2n) is 15.7. The lowest BCUT2D eigenvalue weighted by Gasteiger charge is -2.34. The molecule has 258 valence electrons. The maximum absolute atomic E-state index is 2.57. The van der Waals surface area contributed by atoms with Crippen LogP contribution in [0.15, 0.2) is 170 Å². The summed E-state index contributed by atoms with van der Waals surface area (Å²) in [7, 11) is 0. The first kappa shape index (κ1) is 31.8. The van der Waals surface area contributed by atoms with Gasteiger partial charge < -0.3 is 9.47 Å². The van der Waals surface area contributed by atoms with E-state index in [4.69, 9.17) is 0 Å². The van der Waals surface area contributed by atoms with Crippen molar-refractivity contribution in [1.82, 2.24) is 4.57 Å². The third kappa shape index (κ3) is 5.07. The minimum Gasteiger partial charge on any atom is -0.333 e. The van der Waals surface area contributed by atoms with E-state index in [2.05, 4.69) is 206 Å². The molecule has 53 heavy (non-hydrogen) atoms. The van der Waals surface area contributed by atoms with Gasteiger partial charge in [0.15, 0.2) is 0 Å². The predicted octanol–water partition coefficient (Wildman–Crippen LogP) is 13.1. The Balaban J connectivity index is 1.07. The highest BCUT2D eigenvalue weighted by Gasteiger charge is 2.46. The van der Waals surface area contributed by atoms with Gasteiger partial charge in [0.05, 0.1) is 11.6 Å². The van der Waals surface area contributed by atoms with Gasteiger partial charge in [-0.2, -0.15) is 0 Å². The third-order valence-corrected chi connectivity index (χ3v) is 12.4. The van der Waals surface area contributed by atoms with Crippen molar-refractivity contribution >= 4 is 33.9 Å². The first-order chi connectivity index (χ1) is 26.0. The first-order valence-electron chi connectivity index (χ1n) is 19.2. The van der Waals surface area contributed by atoms with Crippen LogP contribution in [0.3, 0.4) is 0 Å². The lowest BCUT2D eigenvalue weighted by atomic mass is 9.76. The van der Waals surface area contributed by atoms with Crippen LogP contribution in [-0.2, 0) is 5.41 Å². The van der Waals surface area contributed by atoms with Gasteiger partial charge in [-0.05, 0) is 95.1 Å². The van der Waals surface area contributed by atoms with Crippen molar-refractivity contribution in [3.05, 3.63) is 198 Å². The number of benzene rings is 5. The van der Waals surface area contributed by atoms with Crippen LogP contribution in [0.2, 0.25) is 0 Å². The van der Waals surface area contributed by atoms with Crippen molar-refractivity contribution < 1.29 is 0 Å². The molecule has 0 spiro atoms. The van der Waals surface area contributed by atoms with Crippen LogP contribution in [-0.4, -0.2) is 10.6 Å². The molecule has 0 saturated heterocycles. The largest absolute Gasteiger partial charge is 0.333 e. The molecule has 3 aliphatic carbocycles. The molecular formula is C51H44N2. The van der Waals surface area contributed by atoms with E-state index in [1.165, 1.54) is 72.6 Å².